The second-order valence-electron chi connectivity index (χ2n) is 16.4. The Kier molecular flexibility index (Phi) is 16.7. The molecular weight excluding hydrogens is 787 g/mol. The molecule has 334 valence electrons. The SMILES string of the molecule is C[C@@H](O)[C@@H]1NC(=O)[C@H]2CCCN2C(=O)[C@H](Cc2c[nH]c3ccccc23)NC(=O)[C@H](CCCN=C(N)N)NC(=O)[C@@H](CCCN=C(N)N)NC(=O)[C@H](CC2CCCCC2)NC1=O. The third-order valence-corrected chi connectivity index (χ3v) is 11.7. The van der Waals surface area contributed by atoms with Crippen molar-refractivity contribution in [3.63, 3.8) is 0 Å². The number of nitrogens with one attached hydrogen (secondary N) is 6. The molecule has 3 fully saturated rings. The molecule has 1 saturated carbocycles. The number of amides is 6. The van der Waals surface area contributed by atoms with E-state index in [2.05, 4.69) is 41.6 Å². The van der Waals surface area contributed by atoms with Crippen LogP contribution < -0.4 is 49.5 Å². The number of aromatic amines is 1. The number of guanidine groups is 2. The quantitative estimate of drug-likeness (QED) is 0.0633. The number of nitrogens with two attached hydrogens (primary N) is 4. The fraction of sp³-hybridized carbons (Fsp3) is 0.610. The van der Waals surface area contributed by atoms with Crippen LogP contribution in [0, 0.1) is 5.92 Å². The maximum absolute atomic E-state index is 14.7. The lowest BCUT2D eigenvalue weighted by molar-refractivity contribution is -0.143. The highest BCUT2D eigenvalue weighted by molar-refractivity contribution is 5.99. The molecule has 6 amide bonds. The third-order valence-electron chi connectivity index (χ3n) is 11.7. The summed E-state index contributed by atoms with van der Waals surface area (Å²) in [5.74, 6) is -4.25. The summed E-state index contributed by atoms with van der Waals surface area (Å²) in [5.41, 5.74) is 23.7. The molecule has 1 aromatic heterocycles. The molecular formula is C41H63N13O7. The van der Waals surface area contributed by atoms with Crippen molar-refractivity contribution in [2.24, 2.45) is 38.8 Å². The van der Waals surface area contributed by atoms with Gasteiger partial charge >= 0.3 is 0 Å². The Labute approximate surface area is 355 Å². The smallest absolute Gasteiger partial charge is 0.246 e. The summed E-state index contributed by atoms with van der Waals surface area (Å²) in [5, 5.41) is 25.6. The number of aliphatic hydroxyl groups excluding tert-OH is 1. The van der Waals surface area contributed by atoms with Gasteiger partial charge in [-0.1, -0.05) is 50.3 Å². The summed E-state index contributed by atoms with van der Waals surface area (Å²) in [4.78, 5) is 98.3. The van der Waals surface area contributed by atoms with Crippen LogP contribution in [0.3, 0.4) is 0 Å². The van der Waals surface area contributed by atoms with Gasteiger partial charge in [0, 0.05) is 43.2 Å². The van der Waals surface area contributed by atoms with E-state index >= 15 is 0 Å². The number of para-hydroxylation sites is 1. The van der Waals surface area contributed by atoms with Crippen LogP contribution in [-0.4, -0.2) is 124 Å². The van der Waals surface area contributed by atoms with E-state index in [1.807, 2.05) is 24.3 Å². The predicted molar refractivity (Wildman–Crippen MR) is 229 cm³/mol. The maximum atomic E-state index is 14.7. The van der Waals surface area contributed by atoms with Gasteiger partial charge in [-0.05, 0) is 69.4 Å². The van der Waals surface area contributed by atoms with Gasteiger partial charge in [-0.15, -0.1) is 0 Å². The molecule has 3 heterocycles. The van der Waals surface area contributed by atoms with Crippen molar-refractivity contribution in [3.05, 3.63) is 36.0 Å². The third kappa shape index (κ3) is 13.0. The fourth-order valence-electron chi connectivity index (χ4n) is 8.49. The second-order valence-corrected chi connectivity index (χ2v) is 16.4. The lowest BCUT2D eigenvalue weighted by atomic mass is 9.84. The number of hydrogen-bond acceptors (Lipinski definition) is 9. The van der Waals surface area contributed by atoms with E-state index in [0.717, 1.165) is 48.6 Å². The van der Waals surface area contributed by atoms with Crippen LogP contribution in [0.4, 0.5) is 0 Å². The normalized spacial score (nSPS) is 25.5. The molecule has 7 atom stereocenters. The van der Waals surface area contributed by atoms with Crippen LogP contribution in [0.25, 0.3) is 10.9 Å². The van der Waals surface area contributed by atoms with E-state index in [1.54, 1.807) is 6.20 Å². The second kappa shape index (κ2) is 22.1. The first-order valence-electron chi connectivity index (χ1n) is 21.4. The Morgan fingerprint density at radius 1 is 0.721 bits per heavy atom. The van der Waals surface area contributed by atoms with Gasteiger partial charge in [-0.3, -0.25) is 38.8 Å². The molecule has 61 heavy (non-hydrogen) atoms. The van der Waals surface area contributed by atoms with E-state index in [1.165, 1.54) is 11.8 Å². The van der Waals surface area contributed by atoms with Gasteiger partial charge in [-0.2, -0.15) is 0 Å². The topological polar surface area (TPSA) is 331 Å². The average molecular weight is 850 g/mol. The van der Waals surface area contributed by atoms with Crippen molar-refractivity contribution in [2.45, 2.75) is 133 Å². The molecule has 3 aliphatic rings. The number of aliphatic hydroxyl groups is 1. The van der Waals surface area contributed by atoms with Crippen molar-refractivity contribution in [1.82, 2.24) is 36.5 Å². The first-order valence-corrected chi connectivity index (χ1v) is 21.4. The number of rotatable bonds is 13. The van der Waals surface area contributed by atoms with E-state index in [9.17, 15) is 33.9 Å². The number of fused-ring (bicyclic) bond motifs is 2. The zero-order chi connectivity index (χ0) is 44.1. The molecule has 2 aromatic rings. The van der Waals surface area contributed by atoms with Gasteiger partial charge in [0.25, 0.3) is 0 Å². The Bertz CT molecular complexity index is 1920. The Morgan fingerprint density at radius 2 is 1.30 bits per heavy atom. The van der Waals surface area contributed by atoms with E-state index in [4.69, 9.17) is 22.9 Å². The first-order chi connectivity index (χ1) is 29.2. The number of aromatic nitrogens is 1. The van der Waals surface area contributed by atoms with Crippen LogP contribution in [0.2, 0.25) is 0 Å². The Morgan fingerprint density at radius 3 is 1.90 bits per heavy atom. The van der Waals surface area contributed by atoms with Crippen molar-refractivity contribution >= 4 is 58.3 Å². The number of H-pyrrole nitrogens is 1. The minimum atomic E-state index is -1.48. The van der Waals surface area contributed by atoms with Gasteiger partial charge in [0.2, 0.25) is 35.4 Å². The molecule has 15 N–H and O–H groups in total. The summed E-state index contributed by atoms with van der Waals surface area (Å²) in [6.07, 6.45) is 6.62. The minimum Gasteiger partial charge on any atom is -0.391 e. The van der Waals surface area contributed by atoms with Crippen LogP contribution in [0.15, 0.2) is 40.4 Å². The van der Waals surface area contributed by atoms with Crippen LogP contribution in [0.5, 0.6) is 0 Å². The molecule has 20 nitrogen and oxygen atoms in total. The molecule has 0 unspecified atom stereocenters. The number of benzene rings is 1. The Hall–Kier alpha value is -5.92. The highest BCUT2D eigenvalue weighted by atomic mass is 16.3. The monoisotopic (exact) mass is 849 g/mol. The van der Waals surface area contributed by atoms with Crippen molar-refractivity contribution < 1.29 is 33.9 Å². The number of aliphatic imine (C=N–C) groups is 2. The number of hydrogen-bond donors (Lipinski definition) is 11. The molecule has 1 aliphatic carbocycles. The van der Waals surface area contributed by atoms with Crippen LogP contribution in [0.1, 0.15) is 89.5 Å². The minimum absolute atomic E-state index is 0.0264. The first kappa shape index (κ1) is 46.2. The largest absolute Gasteiger partial charge is 0.391 e. The molecule has 20 heteroatoms. The zero-order valence-corrected chi connectivity index (χ0v) is 34.9. The van der Waals surface area contributed by atoms with Crippen LogP contribution in [-0.2, 0) is 35.2 Å². The summed E-state index contributed by atoms with van der Waals surface area (Å²) in [6.45, 7) is 1.81. The highest BCUT2D eigenvalue weighted by Gasteiger charge is 2.41. The van der Waals surface area contributed by atoms with Crippen molar-refractivity contribution in [3.8, 4) is 0 Å². The summed E-state index contributed by atoms with van der Waals surface area (Å²) < 4.78 is 0. The van der Waals surface area contributed by atoms with Crippen molar-refractivity contribution in [1.29, 1.82) is 0 Å². The maximum Gasteiger partial charge on any atom is 0.246 e. The predicted octanol–water partition coefficient (Wildman–Crippen LogP) is -1.40. The number of nitrogens with zero attached hydrogens (tertiary/aromatic N) is 3. The molecule has 0 spiro atoms. The van der Waals surface area contributed by atoms with Crippen molar-refractivity contribution in [2.75, 3.05) is 19.6 Å². The van der Waals surface area contributed by atoms with Gasteiger partial charge in [-0.25, -0.2) is 0 Å². The van der Waals surface area contributed by atoms with Gasteiger partial charge in [0.05, 0.1) is 6.10 Å². The Balaban J connectivity index is 1.54. The molecule has 2 aliphatic heterocycles. The average Bonchev–Trinajstić information content (AvgIpc) is 3.89. The molecule has 2 saturated heterocycles. The van der Waals surface area contributed by atoms with E-state index < -0.39 is 77.8 Å². The fourth-order valence-corrected chi connectivity index (χ4v) is 8.49. The summed E-state index contributed by atoms with van der Waals surface area (Å²) >= 11 is 0. The lowest BCUT2D eigenvalue weighted by Crippen LogP contribution is -2.62. The van der Waals surface area contributed by atoms with Crippen LogP contribution >= 0.6 is 0 Å². The molecule has 0 radical (unpaired) electrons. The van der Waals surface area contributed by atoms with Gasteiger partial charge < -0.3 is 64.5 Å². The van der Waals surface area contributed by atoms with Gasteiger partial charge in [0.15, 0.2) is 11.9 Å². The summed E-state index contributed by atoms with van der Waals surface area (Å²) in [7, 11) is 0. The lowest BCUT2D eigenvalue weighted by Gasteiger charge is -2.33. The van der Waals surface area contributed by atoms with E-state index in [-0.39, 0.29) is 82.4 Å². The number of carbonyl (C=O) groups excluding carboxylic acids is 6. The zero-order valence-electron chi connectivity index (χ0n) is 34.9. The molecule has 0 bridgehead atoms. The van der Waals surface area contributed by atoms with Gasteiger partial charge in [0.1, 0.15) is 36.3 Å². The standard InChI is InChI=1S/C41H63N13O7/c1-23(55)33-38(60)51-30(20-24-10-3-2-4-11-24)36(58)50-28(14-7-17-46-40(42)43)34(56)49-29(15-8-18-47-41(44)45)35(57)52-31(21-25-22-48-27-13-6-5-12-26(25)27)39(61)54-19-9-16-32(54)37(59)53-33/h5-6,12-13,22-24,28-33,48,55H,2-4,7-11,14-21H2,1H3,(H,49,56)(H,50,58)(H,51,60)(H,52,57)(H,53,59)(H4,42,43,46)(H4,44,45,47)/t23-,28-,29+,30+,31+,32-,33+/m1/s1. The molecule has 5 rings (SSSR count). The highest BCUT2D eigenvalue weighted by Crippen LogP contribution is 2.28. The summed E-state index contributed by atoms with van der Waals surface area (Å²) in [6, 6.07) is 0.178. The van der Waals surface area contributed by atoms with E-state index in [0.29, 0.717) is 6.42 Å². The number of carbonyl (C=O) groups is 6. The molecule has 1 aromatic carbocycles.